The lowest BCUT2D eigenvalue weighted by atomic mass is 10.1. The van der Waals surface area contributed by atoms with E-state index in [1.165, 1.54) is 25.7 Å². The summed E-state index contributed by atoms with van der Waals surface area (Å²) < 4.78 is 0. The molecule has 0 aliphatic heterocycles. The first-order valence-electron chi connectivity index (χ1n) is 5.35. The highest BCUT2D eigenvalue weighted by molar-refractivity contribution is 5.33. The van der Waals surface area contributed by atoms with E-state index in [9.17, 15) is 0 Å². The number of aromatic nitrogens is 3. The van der Waals surface area contributed by atoms with Gasteiger partial charge in [0.1, 0.15) is 5.82 Å². The number of hydrogen-bond acceptors (Lipinski definition) is 5. The molecule has 0 aromatic carbocycles. The van der Waals surface area contributed by atoms with Gasteiger partial charge in [-0.25, -0.2) is 0 Å². The van der Waals surface area contributed by atoms with Crippen LogP contribution in [0.3, 0.4) is 0 Å². The Labute approximate surface area is 89.7 Å². The number of anilines is 2. The average molecular weight is 207 g/mol. The van der Waals surface area contributed by atoms with Crippen LogP contribution in [0, 0.1) is 0 Å². The van der Waals surface area contributed by atoms with Crippen molar-refractivity contribution < 1.29 is 0 Å². The molecule has 0 bridgehead atoms. The molecule has 5 nitrogen and oxygen atoms in total. The third-order valence-corrected chi connectivity index (χ3v) is 2.78. The highest BCUT2D eigenvalue weighted by atomic mass is 15.3. The second-order valence-corrected chi connectivity index (χ2v) is 4.23. The fourth-order valence-corrected chi connectivity index (χ4v) is 1.96. The molecule has 1 heterocycles. The third kappa shape index (κ3) is 2.16. The van der Waals surface area contributed by atoms with Crippen molar-refractivity contribution in [1.29, 1.82) is 0 Å². The van der Waals surface area contributed by atoms with Crippen LogP contribution >= 0.6 is 0 Å². The lowest BCUT2D eigenvalue weighted by Gasteiger charge is -2.13. The molecule has 1 fully saturated rings. The molecule has 1 aliphatic rings. The molecule has 0 saturated heterocycles. The predicted octanol–water partition coefficient (Wildman–Crippen LogP) is 1.18. The molecule has 2 N–H and O–H groups in total. The number of nitrogens with zero attached hydrogens (tertiary/aromatic N) is 4. The van der Waals surface area contributed by atoms with Gasteiger partial charge in [-0.15, -0.1) is 0 Å². The molecule has 0 spiro atoms. The lowest BCUT2D eigenvalue weighted by Crippen LogP contribution is -2.17. The van der Waals surface area contributed by atoms with Crippen molar-refractivity contribution in [2.24, 2.45) is 0 Å². The molecule has 1 saturated carbocycles. The van der Waals surface area contributed by atoms with Gasteiger partial charge in [0.2, 0.25) is 11.9 Å². The maximum Gasteiger partial charge on any atom is 0.229 e. The van der Waals surface area contributed by atoms with Crippen molar-refractivity contribution >= 4 is 11.9 Å². The molecular formula is C10H17N5. The van der Waals surface area contributed by atoms with Gasteiger partial charge in [0, 0.05) is 20.0 Å². The van der Waals surface area contributed by atoms with E-state index >= 15 is 0 Å². The van der Waals surface area contributed by atoms with E-state index in [0.717, 1.165) is 5.82 Å². The largest absolute Gasteiger partial charge is 0.368 e. The van der Waals surface area contributed by atoms with Gasteiger partial charge in [-0.05, 0) is 12.8 Å². The van der Waals surface area contributed by atoms with Crippen LogP contribution in [0.5, 0.6) is 0 Å². The first-order chi connectivity index (χ1) is 7.16. The topological polar surface area (TPSA) is 67.9 Å². The van der Waals surface area contributed by atoms with Crippen LogP contribution in [0.25, 0.3) is 0 Å². The maximum atomic E-state index is 5.68. The second kappa shape index (κ2) is 4.00. The molecule has 1 aliphatic carbocycles. The minimum absolute atomic E-state index is 0.329. The van der Waals surface area contributed by atoms with Gasteiger partial charge in [-0.3, -0.25) is 0 Å². The predicted molar refractivity (Wildman–Crippen MR) is 59.8 cm³/mol. The third-order valence-electron chi connectivity index (χ3n) is 2.78. The van der Waals surface area contributed by atoms with Crippen LogP contribution in [-0.4, -0.2) is 29.0 Å². The summed E-state index contributed by atoms with van der Waals surface area (Å²) >= 11 is 0. The fourth-order valence-electron chi connectivity index (χ4n) is 1.96. The monoisotopic (exact) mass is 207 g/mol. The summed E-state index contributed by atoms with van der Waals surface area (Å²) in [6.07, 6.45) is 4.90. The van der Waals surface area contributed by atoms with Crippen LogP contribution in [0.2, 0.25) is 0 Å². The lowest BCUT2D eigenvalue weighted by molar-refractivity contribution is 0.662. The SMILES string of the molecule is CN(C)c1nc(N)nc(C2CCCC2)n1. The first kappa shape index (κ1) is 10.1. The van der Waals surface area contributed by atoms with E-state index in [2.05, 4.69) is 15.0 Å². The Morgan fingerprint density at radius 3 is 2.40 bits per heavy atom. The average Bonchev–Trinajstić information content (AvgIpc) is 2.69. The number of nitrogen functional groups attached to an aromatic ring is 1. The molecule has 0 radical (unpaired) electrons. The minimum Gasteiger partial charge on any atom is -0.368 e. The van der Waals surface area contributed by atoms with Gasteiger partial charge in [-0.1, -0.05) is 12.8 Å². The van der Waals surface area contributed by atoms with Crippen LogP contribution in [0.1, 0.15) is 37.4 Å². The maximum absolute atomic E-state index is 5.68. The highest BCUT2D eigenvalue weighted by Crippen LogP contribution is 2.32. The Morgan fingerprint density at radius 2 is 1.80 bits per heavy atom. The Bertz CT molecular complexity index is 344. The van der Waals surface area contributed by atoms with Gasteiger partial charge in [0.05, 0.1) is 0 Å². The number of hydrogen-bond donors (Lipinski definition) is 1. The Morgan fingerprint density at radius 1 is 1.13 bits per heavy atom. The number of rotatable bonds is 2. The van der Waals surface area contributed by atoms with E-state index in [1.807, 2.05) is 19.0 Å². The quantitative estimate of drug-likeness (QED) is 0.788. The minimum atomic E-state index is 0.329. The summed E-state index contributed by atoms with van der Waals surface area (Å²) in [4.78, 5) is 14.6. The molecule has 82 valence electrons. The van der Waals surface area contributed by atoms with Gasteiger partial charge in [0.15, 0.2) is 0 Å². The standard InChI is InChI=1S/C10H17N5/c1-15(2)10-13-8(12-9(11)14-10)7-5-3-4-6-7/h7H,3-6H2,1-2H3,(H2,11,12,13,14). The molecular weight excluding hydrogens is 190 g/mol. The Kier molecular flexibility index (Phi) is 2.70. The molecule has 2 rings (SSSR count). The molecule has 1 aromatic rings. The zero-order valence-electron chi connectivity index (χ0n) is 9.27. The summed E-state index contributed by atoms with van der Waals surface area (Å²) in [7, 11) is 3.82. The van der Waals surface area contributed by atoms with Gasteiger partial charge in [0.25, 0.3) is 0 Å². The van der Waals surface area contributed by atoms with Crippen molar-refractivity contribution in [2.75, 3.05) is 24.7 Å². The van der Waals surface area contributed by atoms with Gasteiger partial charge in [-0.2, -0.15) is 15.0 Å². The van der Waals surface area contributed by atoms with E-state index in [-0.39, 0.29) is 0 Å². The van der Waals surface area contributed by atoms with Gasteiger partial charge >= 0.3 is 0 Å². The molecule has 0 amide bonds. The zero-order chi connectivity index (χ0) is 10.8. The fraction of sp³-hybridized carbons (Fsp3) is 0.700. The van der Waals surface area contributed by atoms with Crippen LogP contribution in [0.4, 0.5) is 11.9 Å². The molecule has 0 atom stereocenters. The molecule has 0 unspecified atom stereocenters. The van der Waals surface area contributed by atoms with Crippen LogP contribution < -0.4 is 10.6 Å². The zero-order valence-corrected chi connectivity index (χ0v) is 9.27. The van der Waals surface area contributed by atoms with E-state index in [1.54, 1.807) is 0 Å². The van der Waals surface area contributed by atoms with Crippen molar-refractivity contribution in [3.63, 3.8) is 0 Å². The van der Waals surface area contributed by atoms with Crippen molar-refractivity contribution in [3.8, 4) is 0 Å². The molecule has 5 heteroatoms. The van der Waals surface area contributed by atoms with Gasteiger partial charge < -0.3 is 10.6 Å². The van der Waals surface area contributed by atoms with Crippen molar-refractivity contribution in [3.05, 3.63) is 5.82 Å². The van der Waals surface area contributed by atoms with E-state index < -0.39 is 0 Å². The van der Waals surface area contributed by atoms with E-state index in [4.69, 9.17) is 5.73 Å². The normalized spacial score (nSPS) is 16.9. The summed E-state index contributed by atoms with van der Waals surface area (Å²) in [6.45, 7) is 0. The smallest absolute Gasteiger partial charge is 0.229 e. The summed E-state index contributed by atoms with van der Waals surface area (Å²) in [5.41, 5.74) is 5.68. The molecule has 1 aromatic heterocycles. The van der Waals surface area contributed by atoms with Crippen LogP contribution in [0.15, 0.2) is 0 Å². The van der Waals surface area contributed by atoms with E-state index in [0.29, 0.717) is 17.8 Å². The number of nitrogens with two attached hydrogens (primary N) is 1. The summed E-state index contributed by atoms with van der Waals surface area (Å²) in [5, 5.41) is 0. The molecule has 15 heavy (non-hydrogen) atoms. The highest BCUT2D eigenvalue weighted by Gasteiger charge is 2.21. The Hall–Kier alpha value is -1.39. The van der Waals surface area contributed by atoms with Crippen molar-refractivity contribution in [2.45, 2.75) is 31.6 Å². The second-order valence-electron chi connectivity index (χ2n) is 4.23. The first-order valence-corrected chi connectivity index (χ1v) is 5.35. The summed E-state index contributed by atoms with van der Waals surface area (Å²) in [6, 6.07) is 0. The van der Waals surface area contributed by atoms with Crippen LogP contribution in [-0.2, 0) is 0 Å². The summed E-state index contributed by atoms with van der Waals surface area (Å²) in [5.74, 6) is 2.33. The van der Waals surface area contributed by atoms with Crippen molar-refractivity contribution in [1.82, 2.24) is 15.0 Å². The Balaban J connectivity index is 2.30.